The minimum absolute atomic E-state index is 0.366. The first-order valence-electron chi connectivity index (χ1n) is 4.94. The van der Waals surface area contributed by atoms with Gasteiger partial charge in [0.05, 0.1) is 17.9 Å². The Hall–Kier alpha value is -1.13. The molecule has 5 heteroatoms. The Labute approximate surface area is 112 Å². The molecule has 0 saturated heterocycles. The predicted molar refractivity (Wildman–Crippen MR) is 70.7 cm³/mol. The topological polar surface area (TPSA) is 24.9 Å². The smallest absolute Gasteiger partial charge is 0.147 e. The van der Waals surface area contributed by atoms with Crippen molar-refractivity contribution >= 4 is 33.2 Å². The number of benzene rings is 1. The van der Waals surface area contributed by atoms with Gasteiger partial charge in [-0.1, -0.05) is 11.6 Å². The van der Waals surface area contributed by atoms with Crippen LogP contribution in [0.1, 0.15) is 5.69 Å². The Balaban J connectivity index is 2.04. The van der Waals surface area contributed by atoms with E-state index in [0.29, 0.717) is 17.3 Å². The van der Waals surface area contributed by atoms with Gasteiger partial charge in [0.1, 0.15) is 5.82 Å². The molecule has 0 atom stereocenters. The Morgan fingerprint density at radius 3 is 2.76 bits per heavy atom. The molecule has 1 aromatic carbocycles. The molecule has 17 heavy (non-hydrogen) atoms. The molecule has 0 bridgehead atoms. The predicted octanol–water partition coefficient (Wildman–Crippen LogP) is 4.25. The molecule has 0 aliphatic carbocycles. The number of pyridine rings is 1. The van der Waals surface area contributed by atoms with Crippen molar-refractivity contribution in [2.75, 3.05) is 5.32 Å². The van der Waals surface area contributed by atoms with E-state index in [1.807, 2.05) is 12.1 Å². The molecule has 88 valence electrons. The molecule has 0 aliphatic rings. The molecule has 1 heterocycles. The number of nitrogens with one attached hydrogen (secondary N) is 1. The largest absolute Gasteiger partial charge is 0.377 e. The SMILES string of the molecule is Fc1cc(Cl)ccc1NCc1ccc(Br)cn1. The zero-order chi connectivity index (χ0) is 12.3. The van der Waals surface area contributed by atoms with E-state index in [-0.39, 0.29) is 5.82 Å². The third-order valence-corrected chi connectivity index (χ3v) is 2.88. The number of rotatable bonds is 3. The molecular formula is C12H9BrClFN2. The summed E-state index contributed by atoms with van der Waals surface area (Å²) in [5.41, 5.74) is 1.25. The highest BCUT2D eigenvalue weighted by atomic mass is 79.9. The lowest BCUT2D eigenvalue weighted by molar-refractivity contribution is 0.630. The lowest BCUT2D eigenvalue weighted by atomic mass is 10.3. The zero-order valence-electron chi connectivity index (χ0n) is 8.75. The summed E-state index contributed by atoms with van der Waals surface area (Å²) in [6.07, 6.45) is 1.70. The summed E-state index contributed by atoms with van der Waals surface area (Å²) >= 11 is 8.97. The highest BCUT2D eigenvalue weighted by molar-refractivity contribution is 9.10. The fourth-order valence-corrected chi connectivity index (χ4v) is 1.72. The molecular weight excluding hydrogens is 307 g/mol. The quantitative estimate of drug-likeness (QED) is 0.916. The molecule has 0 amide bonds. The Bertz CT molecular complexity index is 516. The number of hydrogen-bond acceptors (Lipinski definition) is 2. The van der Waals surface area contributed by atoms with Gasteiger partial charge in [0.25, 0.3) is 0 Å². The van der Waals surface area contributed by atoms with Crippen LogP contribution in [-0.2, 0) is 6.54 Å². The summed E-state index contributed by atoms with van der Waals surface area (Å²) in [7, 11) is 0. The van der Waals surface area contributed by atoms with E-state index in [1.54, 1.807) is 18.3 Å². The van der Waals surface area contributed by atoms with Gasteiger partial charge in [-0.05, 0) is 46.3 Å². The fourth-order valence-electron chi connectivity index (χ4n) is 1.33. The molecule has 0 saturated carbocycles. The van der Waals surface area contributed by atoms with Crippen LogP contribution in [0.4, 0.5) is 10.1 Å². The minimum Gasteiger partial charge on any atom is -0.377 e. The third kappa shape index (κ3) is 3.41. The maximum Gasteiger partial charge on any atom is 0.147 e. The summed E-state index contributed by atoms with van der Waals surface area (Å²) < 4.78 is 14.4. The van der Waals surface area contributed by atoms with Crippen molar-refractivity contribution in [1.82, 2.24) is 4.98 Å². The van der Waals surface area contributed by atoms with Crippen molar-refractivity contribution in [3.8, 4) is 0 Å². The van der Waals surface area contributed by atoms with E-state index < -0.39 is 0 Å². The first kappa shape index (κ1) is 12.3. The van der Waals surface area contributed by atoms with Gasteiger partial charge in [0, 0.05) is 15.7 Å². The van der Waals surface area contributed by atoms with Crippen LogP contribution in [0.15, 0.2) is 41.0 Å². The lowest BCUT2D eigenvalue weighted by Crippen LogP contribution is -2.02. The first-order chi connectivity index (χ1) is 8.15. The van der Waals surface area contributed by atoms with Gasteiger partial charge in [-0.15, -0.1) is 0 Å². The van der Waals surface area contributed by atoms with Crippen molar-refractivity contribution in [2.45, 2.75) is 6.54 Å². The van der Waals surface area contributed by atoms with Gasteiger partial charge < -0.3 is 5.32 Å². The highest BCUT2D eigenvalue weighted by Crippen LogP contribution is 2.19. The molecule has 2 rings (SSSR count). The van der Waals surface area contributed by atoms with Crippen LogP contribution in [0.2, 0.25) is 5.02 Å². The van der Waals surface area contributed by atoms with Crippen LogP contribution in [-0.4, -0.2) is 4.98 Å². The van der Waals surface area contributed by atoms with Crippen molar-refractivity contribution < 1.29 is 4.39 Å². The summed E-state index contributed by atoms with van der Waals surface area (Å²) in [6, 6.07) is 8.28. The van der Waals surface area contributed by atoms with E-state index in [2.05, 4.69) is 26.2 Å². The van der Waals surface area contributed by atoms with Gasteiger partial charge in [0.2, 0.25) is 0 Å². The average molecular weight is 316 g/mol. The van der Waals surface area contributed by atoms with E-state index in [4.69, 9.17) is 11.6 Å². The summed E-state index contributed by atoms with van der Waals surface area (Å²) in [4.78, 5) is 4.18. The maximum atomic E-state index is 13.4. The second kappa shape index (κ2) is 5.47. The zero-order valence-corrected chi connectivity index (χ0v) is 11.1. The lowest BCUT2D eigenvalue weighted by Gasteiger charge is -2.07. The summed E-state index contributed by atoms with van der Waals surface area (Å²) in [6.45, 7) is 0.464. The number of anilines is 1. The second-order valence-electron chi connectivity index (χ2n) is 3.45. The maximum absolute atomic E-state index is 13.4. The molecule has 2 aromatic rings. The van der Waals surface area contributed by atoms with Crippen LogP contribution in [0.3, 0.4) is 0 Å². The standard InChI is InChI=1S/C12H9BrClFN2/c13-8-1-3-10(16-6-8)7-17-12-4-2-9(14)5-11(12)15/h1-6,17H,7H2. The van der Waals surface area contributed by atoms with Crippen molar-refractivity contribution in [3.05, 3.63) is 57.5 Å². The number of nitrogens with zero attached hydrogens (tertiary/aromatic N) is 1. The van der Waals surface area contributed by atoms with Crippen molar-refractivity contribution in [3.63, 3.8) is 0 Å². The Morgan fingerprint density at radius 1 is 1.29 bits per heavy atom. The van der Waals surface area contributed by atoms with Crippen LogP contribution >= 0.6 is 27.5 Å². The fraction of sp³-hybridized carbons (Fsp3) is 0.0833. The van der Waals surface area contributed by atoms with E-state index in [1.165, 1.54) is 6.07 Å². The van der Waals surface area contributed by atoms with Crippen molar-refractivity contribution in [1.29, 1.82) is 0 Å². The normalized spacial score (nSPS) is 10.3. The average Bonchev–Trinajstić information content (AvgIpc) is 2.30. The van der Waals surface area contributed by atoms with Crippen LogP contribution < -0.4 is 5.32 Å². The molecule has 0 aliphatic heterocycles. The van der Waals surface area contributed by atoms with E-state index >= 15 is 0 Å². The van der Waals surface area contributed by atoms with Gasteiger partial charge in [-0.2, -0.15) is 0 Å². The van der Waals surface area contributed by atoms with Crippen LogP contribution in [0, 0.1) is 5.82 Å². The van der Waals surface area contributed by atoms with Gasteiger partial charge in [0.15, 0.2) is 0 Å². The van der Waals surface area contributed by atoms with Gasteiger partial charge in [-0.25, -0.2) is 4.39 Å². The highest BCUT2D eigenvalue weighted by Gasteiger charge is 2.02. The molecule has 2 nitrogen and oxygen atoms in total. The first-order valence-corrected chi connectivity index (χ1v) is 6.11. The van der Waals surface area contributed by atoms with Gasteiger partial charge in [-0.3, -0.25) is 4.98 Å². The molecule has 0 spiro atoms. The summed E-state index contributed by atoms with van der Waals surface area (Å²) in [5, 5.41) is 3.35. The number of hydrogen-bond donors (Lipinski definition) is 1. The molecule has 1 N–H and O–H groups in total. The van der Waals surface area contributed by atoms with Crippen molar-refractivity contribution in [2.24, 2.45) is 0 Å². The second-order valence-corrected chi connectivity index (χ2v) is 4.80. The van der Waals surface area contributed by atoms with E-state index in [0.717, 1.165) is 10.2 Å². The van der Waals surface area contributed by atoms with Crippen LogP contribution in [0.25, 0.3) is 0 Å². The van der Waals surface area contributed by atoms with Gasteiger partial charge >= 0.3 is 0 Å². The molecule has 0 unspecified atom stereocenters. The minimum atomic E-state index is -0.366. The molecule has 1 aromatic heterocycles. The monoisotopic (exact) mass is 314 g/mol. The van der Waals surface area contributed by atoms with E-state index in [9.17, 15) is 4.39 Å². The summed E-state index contributed by atoms with van der Waals surface area (Å²) in [5.74, 6) is -0.366. The Kier molecular flexibility index (Phi) is 3.97. The molecule has 0 radical (unpaired) electrons. The van der Waals surface area contributed by atoms with Crippen LogP contribution in [0.5, 0.6) is 0 Å². The number of aromatic nitrogens is 1. The molecule has 0 fully saturated rings. The number of halogens is 3. The third-order valence-electron chi connectivity index (χ3n) is 2.18. The Morgan fingerprint density at radius 2 is 2.12 bits per heavy atom.